The molecule has 2 heterocycles. The van der Waals surface area contributed by atoms with Gasteiger partial charge < -0.3 is 4.90 Å². The molecule has 0 saturated carbocycles. The van der Waals surface area contributed by atoms with Crippen molar-refractivity contribution in [2.45, 2.75) is 39.7 Å². The maximum atomic E-state index is 12.7. The SMILES string of the molecule is Cc1c(CN(C)C(=O)c2cc3c(s2)CCC(C)C3)cnn1C. The van der Waals surface area contributed by atoms with Crippen LogP contribution in [0.1, 0.15) is 44.7 Å². The number of carbonyl (C=O) groups excluding carboxylic acids is 1. The van der Waals surface area contributed by atoms with Crippen LogP contribution in [-0.4, -0.2) is 27.6 Å². The molecule has 22 heavy (non-hydrogen) atoms. The summed E-state index contributed by atoms with van der Waals surface area (Å²) in [4.78, 5) is 16.8. The molecule has 0 radical (unpaired) electrons. The molecule has 0 N–H and O–H groups in total. The minimum Gasteiger partial charge on any atom is -0.337 e. The van der Waals surface area contributed by atoms with Crippen molar-refractivity contribution in [2.75, 3.05) is 7.05 Å². The van der Waals surface area contributed by atoms with Crippen molar-refractivity contribution in [3.8, 4) is 0 Å². The summed E-state index contributed by atoms with van der Waals surface area (Å²) in [6, 6.07) is 2.12. The monoisotopic (exact) mass is 317 g/mol. The van der Waals surface area contributed by atoms with Gasteiger partial charge in [-0.2, -0.15) is 5.10 Å². The molecule has 1 amide bonds. The number of hydrogen-bond donors (Lipinski definition) is 0. The Hall–Kier alpha value is -1.62. The molecule has 2 aromatic rings. The van der Waals surface area contributed by atoms with E-state index >= 15 is 0 Å². The fourth-order valence-corrected chi connectivity index (χ4v) is 4.23. The van der Waals surface area contributed by atoms with Crippen LogP contribution in [0.5, 0.6) is 0 Å². The average Bonchev–Trinajstić information content (AvgIpc) is 3.04. The zero-order valence-electron chi connectivity index (χ0n) is 13.7. The smallest absolute Gasteiger partial charge is 0.263 e. The first kappa shape index (κ1) is 15.3. The number of aryl methyl sites for hydroxylation is 2. The Labute approximate surface area is 135 Å². The fraction of sp³-hybridized carbons (Fsp3) is 0.529. The van der Waals surface area contributed by atoms with Gasteiger partial charge in [-0.15, -0.1) is 11.3 Å². The van der Waals surface area contributed by atoms with Crippen molar-refractivity contribution in [1.29, 1.82) is 0 Å². The molecular weight excluding hydrogens is 294 g/mol. The molecule has 0 saturated heterocycles. The van der Waals surface area contributed by atoms with Crippen LogP contribution in [0.3, 0.4) is 0 Å². The van der Waals surface area contributed by atoms with Crippen molar-refractivity contribution in [1.82, 2.24) is 14.7 Å². The quantitative estimate of drug-likeness (QED) is 0.872. The van der Waals surface area contributed by atoms with Gasteiger partial charge in [-0.3, -0.25) is 9.48 Å². The molecule has 1 aliphatic carbocycles. The van der Waals surface area contributed by atoms with E-state index in [0.29, 0.717) is 6.54 Å². The largest absolute Gasteiger partial charge is 0.337 e. The van der Waals surface area contributed by atoms with E-state index in [1.165, 1.54) is 16.9 Å². The number of amides is 1. The molecule has 0 spiro atoms. The highest BCUT2D eigenvalue weighted by Gasteiger charge is 2.22. The molecule has 1 unspecified atom stereocenters. The standard InChI is InChI=1S/C17H23N3OS/c1-11-5-6-15-13(7-11)8-16(22-15)17(21)19(3)10-14-9-18-20(4)12(14)2/h8-9,11H,5-7,10H2,1-4H3. The highest BCUT2D eigenvalue weighted by molar-refractivity contribution is 7.14. The normalized spacial score (nSPS) is 17.4. The maximum absolute atomic E-state index is 12.7. The number of nitrogens with zero attached hydrogens (tertiary/aromatic N) is 3. The molecule has 5 heteroatoms. The molecule has 1 atom stereocenters. The van der Waals surface area contributed by atoms with Gasteiger partial charge >= 0.3 is 0 Å². The van der Waals surface area contributed by atoms with E-state index in [0.717, 1.165) is 34.9 Å². The van der Waals surface area contributed by atoms with Crippen LogP contribution in [-0.2, 0) is 26.4 Å². The van der Waals surface area contributed by atoms with Gasteiger partial charge in [-0.25, -0.2) is 0 Å². The number of thiophene rings is 1. The van der Waals surface area contributed by atoms with Gasteiger partial charge in [0.05, 0.1) is 11.1 Å². The molecule has 0 bridgehead atoms. The Morgan fingerprint density at radius 3 is 3.00 bits per heavy atom. The molecular formula is C17H23N3OS. The minimum atomic E-state index is 0.121. The summed E-state index contributed by atoms with van der Waals surface area (Å²) in [5.41, 5.74) is 3.60. The topological polar surface area (TPSA) is 38.1 Å². The summed E-state index contributed by atoms with van der Waals surface area (Å²) < 4.78 is 1.85. The third-order valence-electron chi connectivity index (χ3n) is 4.63. The molecule has 1 aliphatic rings. The second-order valence-corrected chi connectivity index (χ2v) is 7.58. The van der Waals surface area contributed by atoms with Gasteiger partial charge in [-0.1, -0.05) is 6.92 Å². The van der Waals surface area contributed by atoms with E-state index < -0.39 is 0 Å². The number of fused-ring (bicyclic) bond motifs is 1. The van der Waals surface area contributed by atoms with Gasteiger partial charge in [0.15, 0.2) is 0 Å². The summed E-state index contributed by atoms with van der Waals surface area (Å²) in [7, 11) is 3.80. The predicted octanol–water partition coefficient (Wildman–Crippen LogP) is 3.19. The van der Waals surface area contributed by atoms with Gasteiger partial charge in [0.25, 0.3) is 5.91 Å². The third kappa shape index (κ3) is 2.82. The van der Waals surface area contributed by atoms with Crippen LogP contribution in [0, 0.1) is 12.8 Å². The average molecular weight is 317 g/mol. The number of hydrogen-bond acceptors (Lipinski definition) is 3. The fourth-order valence-electron chi connectivity index (χ4n) is 3.03. The zero-order valence-corrected chi connectivity index (χ0v) is 14.5. The lowest BCUT2D eigenvalue weighted by Gasteiger charge is -2.16. The third-order valence-corrected chi connectivity index (χ3v) is 5.86. The van der Waals surface area contributed by atoms with Crippen molar-refractivity contribution >= 4 is 17.2 Å². The highest BCUT2D eigenvalue weighted by atomic mass is 32.1. The molecule has 4 nitrogen and oxygen atoms in total. The first-order valence-corrected chi connectivity index (χ1v) is 8.62. The highest BCUT2D eigenvalue weighted by Crippen LogP contribution is 2.32. The summed E-state index contributed by atoms with van der Waals surface area (Å²) >= 11 is 1.68. The minimum absolute atomic E-state index is 0.121. The second-order valence-electron chi connectivity index (χ2n) is 6.45. The summed E-state index contributed by atoms with van der Waals surface area (Å²) in [6.07, 6.45) is 5.33. The predicted molar refractivity (Wildman–Crippen MR) is 89.3 cm³/mol. The van der Waals surface area contributed by atoms with Crippen LogP contribution < -0.4 is 0 Å². The molecule has 0 fully saturated rings. The van der Waals surface area contributed by atoms with E-state index in [1.54, 1.807) is 16.2 Å². The Bertz CT molecular complexity index is 701. The first-order chi connectivity index (χ1) is 10.5. The van der Waals surface area contributed by atoms with Crippen molar-refractivity contribution in [3.05, 3.63) is 38.8 Å². The van der Waals surface area contributed by atoms with E-state index in [4.69, 9.17) is 0 Å². The van der Waals surface area contributed by atoms with Crippen LogP contribution in [0.2, 0.25) is 0 Å². The van der Waals surface area contributed by atoms with E-state index in [-0.39, 0.29) is 5.91 Å². The van der Waals surface area contributed by atoms with E-state index in [1.807, 2.05) is 31.9 Å². The lowest BCUT2D eigenvalue weighted by atomic mass is 9.90. The number of rotatable bonds is 3. The van der Waals surface area contributed by atoms with Gasteiger partial charge in [0.2, 0.25) is 0 Å². The second kappa shape index (κ2) is 5.88. The molecule has 0 aromatic carbocycles. The molecule has 2 aromatic heterocycles. The maximum Gasteiger partial charge on any atom is 0.263 e. The van der Waals surface area contributed by atoms with Gasteiger partial charge in [0.1, 0.15) is 0 Å². The van der Waals surface area contributed by atoms with Crippen molar-refractivity contribution in [2.24, 2.45) is 13.0 Å². The van der Waals surface area contributed by atoms with Crippen LogP contribution in [0.4, 0.5) is 0 Å². The molecule has 118 valence electrons. The summed E-state index contributed by atoms with van der Waals surface area (Å²) in [6.45, 7) is 4.93. The molecule has 0 aliphatic heterocycles. The number of aromatic nitrogens is 2. The van der Waals surface area contributed by atoms with E-state index in [2.05, 4.69) is 18.1 Å². The van der Waals surface area contributed by atoms with E-state index in [9.17, 15) is 4.79 Å². The molecule has 3 rings (SSSR count). The van der Waals surface area contributed by atoms with Gasteiger partial charge in [0, 0.05) is 36.8 Å². The Balaban J connectivity index is 1.75. The first-order valence-electron chi connectivity index (χ1n) is 7.80. The van der Waals surface area contributed by atoms with Gasteiger partial charge in [-0.05, 0) is 43.7 Å². The zero-order chi connectivity index (χ0) is 15.9. The lowest BCUT2D eigenvalue weighted by molar-refractivity contribution is 0.0789. The van der Waals surface area contributed by atoms with Crippen LogP contribution >= 0.6 is 11.3 Å². The van der Waals surface area contributed by atoms with Crippen molar-refractivity contribution in [3.63, 3.8) is 0 Å². The summed E-state index contributed by atoms with van der Waals surface area (Å²) in [5, 5.41) is 4.24. The Morgan fingerprint density at radius 1 is 1.55 bits per heavy atom. The van der Waals surface area contributed by atoms with Crippen LogP contribution in [0.15, 0.2) is 12.3 Å². The Kier molecular flexibility index (Phi) is 4.08. The summed E-state index contributed by atoms with van der Waals surface area (Å²) in [5.74, 6) is 0.858. The van der Waals surface area contributed by atoms with Crippen molar-refractivity contribution < 1.29 is 4.79 Å². The Morgan fingerprint density at radius 2 is 2.32 bits per heavy atom. The lowest BCUT2D eigenvalue weighted by Crippen LogP contribution is -2.25. The number of carbonyl (C=O) groups is 1. The van der Waals surface area contributed by atoms with Crippen LogP contribution in [0.25, 0.3) is 0 Å².